The summed E-state index contributed by atoms with van der Waals surface area (Å²) in [6.45, 7) is 12.7. The number of benzene rings is 2. The van der Waals surface area contributed by atoms with Gasteiger partial charge in [-0.3, -0.25) is 20.2 Å². The van der Waals surface area contributed by atoms with Gasteiger partial charge < -0.3 is 4.90 Å². The molecule has 0 amide bonds. The van der Waals surface area contributed by atoms with E-state index in [0.29, 0.717) is 17.6 Å². The maximum atomic E-state index is 11.3. The lowest BCUT2D eigenvalue weighted by Crippen LogP contribution is -2.21. The molecule has 2 aromatic rings. The second-order valence-electron chi connectivity index (χ2n) is 5.39. The quantitative estimate of drug-likeness (QED) is 0.185. The predicted molar refractivity (Wildman–Crippen MR) is 106 cm³/mol. The molecule has 0 saturated carbocycles. The summed E-state index contributed by atoms with van der Waals surface area (Å²) >= 11 is 0.517. The van der Waals surface area contributed by atoms with Crippen molar-refractivity contribution in [1.29, 1.82) is 0 Å². The predicted octanol–water partition coefficient (Wildman–Crippen LogP) is 5.69. The fourth-order valence-corrected chi connectivity index (χ4v) is 2.96. The monoisotopic (exact) mass is 400 g/mol. The number of anilines is 1. The van der Waals surface area contributed by atoms with Gasteiger partial charge in [0.15, 0.2) is 10.6 Å². The molecule has 0 aliphatic carbocycles. The lowest BCUT2D eigenvalue weighted by atomic mass is 10.2. The first-order valence-corrected chi connectivity index (χ1v) is 8.95. The zero-order valence-electron chi connectivity index (χ0n) is 15.1. The Kier molecular flexibility index (Phi) is 7.00. The Morgan fingerprint density at radius 1 is 1.04 bits per heavy atom. The number of nitro groups is 2. The van der Waals surface area contributed by atoms with Crippen LogP contribution in [0, 0.1) is 26.8 Å². The number of hydrogen-bond donors (Lipinski definition) is 0. The average molecular weight is 400 g/mol. The molecule has 0 radical (unpaired) electrons. The van der Waals surface area contributed by atoms with E-state index < -0.39 is 21.2 Å². The average Bonchev–Trinajstić information content (AvgIpc) is 2.68. The molecule has 0 aliphatic rings. The number of nitrogens with zero attached hydrogens (tertiary/aromatic N) is 6. The molecule has 2 rings (SSSR count). The molecule has 0 saturated heterocycles. The summed E-state index contributed by atoms with van der Waals surface area (Å²) in [7, 11) is 0. The van der Waals surface area contributed by atoms with Crippen LogP contribution in [0.25, 0.3) is 4.25 Å². The zero-order chi connectivity index (χ0) is 20.7. The van der Waals surface area contributed by atoms with Crippen LogP contribution >= 0.6 is 11.9 Å². The minimum Gasteiger partial charge on any atom is -0.372 e. The Labute approximate surface area is 165 Å². The van der Waals surface area contributed by atoms with E-state index in [4.69, 9.17) is 6.57 Å². The molecule has 0 N–H and O–H groups in total. The first-order chi connectivity index (χ1) is 13.4. The Bertz CT molecular complexity index is 951. The van der Waals surface area contributed by atoms with Crippen molar-refractivity contribution in [2.75, 3.05) is 18.0 Å². The molecule has 0 spiro atoms. The Hall–Kier alpha value is -3.52. The van der Waals surface area contributed by atoms with Crippen LogP contribution in [0.4, 0.5) is 28.4 Å². The first kappa shape index (κ1) is 20.8. The molecule has 0 bridgehead atoms. The Morgan fingerprint density at radius 2 is 1.64 bits per heavy atom. The summed E-state index contributed by atoms with van der Waals surface area (Å²) in [6.07, 6.45) is 0. The fraction of sp³-hybridized carbons (Fsp3) is 0.235. The molecule has 10 nitrogen and oxygen atoms in total. The minimum absolute atomic E-state index is 0.0311. The summed E-state index contributed by atoms with van der Waals surface area (Å²) in [5, 5.41) is 30.3. The van der Waals surface area contributed by atoms with E-state index in [-0.39, 0.29) is 10.6 Å². The molecule has 0 aliphatic heterocycles. The van der Waals surface area contributed by atoms with Crippen LogP contribution in [0.15, 0.2) is 51.5 Å². The molecular weight excluding hydrogens is 384 g/mol. The van der Waals surface area contributed by atoms with Crippen molar-refractivity contribution < 1.29 is 9.85 Å². The van der Waals surface area contributed by atoms with E-state index in [1.165, 1.54) is 0 Å². The molecule has 144 valence electrons. The van der Waals surface area contributed by atoms with Gasteiger partial charge in [-0.2, -0.15) is 5.11 Å². The molecule has 0 aromatic heterocycles. The number of azo groups is 1. The number of rotatable bonds is 8. The minimum atomic E-state index is -0.770. The number of hydrogen-bond acceptors (Lipinski definition) is 8. The van der Waals surface area contributed by atoms with Gasteiger partial charge in [0, 0.05) is 24.8 Å². The summed E-state index contributed by atoms with van der Waals surface area (Å²) in [4.78, 5) is 23.0. The smallest absolute Gasteiger partial charge is 0.303 e. The highest BCUT2D eigenvalue weighted by Crippen LogP contribution is 2.40. The fourth-order valence-electron chi connectivity index (χ4n) is 2.47. The SMILES string of the molecule is [C-]#[N+]Sc1cc(N=Nc2ccc(N(CC)CC)cc2)c([N+](=O)[O-])cc1[N+](=O)[O-]. The van der Waals surface area contributed by atoms with E-state index in [1.54, 1.807) is 12.1 Å². The van der Waals surface area contributed by atoms with Gasteiger partial charge in [0.05, 0.1) is 21.6 Å². The van der Waals surface area contributed by atoms with Crippen LogP contribution in [0.2, 0.25) is 0 Å². The van der Waals surface area contributed by atoms with Gasteiger partial charge >= 0.3 is 17.6 Å². The van der Waals surface area contributed by atoms with E-state index in [1.807, 2.05) is 26.0 Å². The van der Waals surface area contributed by atoms with Crippen LogP contribution in [-0.2, 0) is 0 Å². The second-order valence-corrected chi connectivity index (χ2v) is 6.20. The van der Waals surface area contributed by atoms with Crippen molar-refractivity contribution in [3.05, 3.63) is 67.4 Å². The van der Waals surface area contributed by atoms with Crippen LogP contribution in [-0.4, -0.2) is 22.9 Å². The maximum Gasteiger partial charge on any atom is 0.303 e. The third kappa shape index (κ3) is 4.80. The molecular formula is C17H16N6O4S. The summed E-state index contributed by atoms with van der Waals surface area (Å²) in [6, 6.07) is 9.11. The topological polar surface area (TPSA) is 119 Å². The second kappa shape index (κ2) is 9.43. The molecule has 28 heavy (non-hydrogen) atoms. The van der Waals surface area contributed by atoms with Crippen molar-refractivity contribution in [1.82, 2.24) is 0 Å². The summed E-state index contributed by atoms with van der Waals surface area (Å²) < 4.78 is 3.04. The molecule has 0 fully saturated rings. The van der Waals surface area contributed by atoms with Crippen LogP contribution in [0.5, 0.6) is 0 Å². The van der Waals surface area contributed by atoms with Gasteiger partial charge in [0.1, 0.15) is 0 Å². The third-order valence-corrected chi connectivity index (χ3v) is 4.46. The van der Waals surface area contributed by atoms with Crippen molar-refractivity contribution >= 4 is 40.4 Å². The van der Waals surface area contributed by atoms with Gasteiger partial charge in [-0.1, -0.05) is 0 Å². The van der Waals surface area contributed by atoms with Crippen molar-refractivity contribution in [2.24, 2.45) is 10.2 Å². The van der Waals surface area contributed by atoms with Crippen molar-refractivity contribution in [3.63, 3.8) is 0 Å². The molecule has 2 aromatic carbocycles. The van der Waals surface area contributed by atoms with Gasteiger partial charge in [0.2, 0.25) is 0 Å². The standard InChI is InChI=1S/C17H16N6O4S/c1-4-21(5-2)13-8-6-12(7-9-13)19-20-14-10-17(28-18-3)16(23(26)27)11-15(14)22(24)25/h6-11H,4-5H2,1-2H3. The maximum absolute atomic E-state index is 11.3. The van der Waals surface area contributed by atoms with Crippen LogP contribution in [0.1, 0.15) is 13.8 Å². The highest BCUT2D eigenvalue weighted by molar-refractivity contribution is 8.01. The zero-order valence-corrected chi connectivity index (χ0v) is 15.9. The van der Waals surface area contributed by atoms with Crippen molar-refractivity contribution in [3.8, 4) is 0 Å². The van der Waals surface area contributed by atoms with Gasteiger partial charge in [-0.05, 0) is 38.1 Å². The third-order valence-electron chi connectivity index (χ3n) is 3.85. The normalized spacial score (nSPS) is 10.6. The summed E-state index contributed by atoms with van der Waals surface area (Å²) in [5.41, 5.74) is 0.262. The van der Waals surface area contributed by atoms with Crippen molar-refractivity contribution in [2.45, 2.75) is 18.7 Å². The van der Waals surface area contributed by atoms with Crippen LogP contribution in [0.3, 0.4) is 0 Å². The largest absolute Gasteiger partial charge is 0.372 e. The van der Waals surface area contributed by atoms with Gasteiger partial charge in [-0.25, -0.2) is 10.8 Å². The van der Waals surface area contributed by atoms with Crippen LogP contribution < -0.4 is 4.90 Å². The van der Waals surface area contributed by atoms with E-state index in [2.05, 4.69) is 19.4 Å². The molecule has 0 heterocycles. The Balaban J connectivity index is 2.41. The lowest BCUT2D eigenvalue weighted by molar-refractivity contribution is -0.395. The summed E-state index contributed by atoms with van der Waals surface area (Å²) in [5.74, 6) is 0. The highest BCUT2D eigenvalue weighted by Gasteiger charge is 2.27. The van der Waals surface area contributed by atoms with E-state index in [9.17, 15) is 20.2 Å². The highest BCUT2D eigenvalue weighted by atomic mass is 32.2. The van der Waals surface area contributed by atoms with Gasteiger partial charge in [0.25, 0.3) is 5.69 Å². The Morgan fingerprint density at radius 3 is 2.14 bits per heavy atom. The number of nitro benzene ring substituents is 2. The first-order valence-electron chi connectivity index (χ1n) is 8.18. The lowest BCUT2D eigenvalue weighted by Gasteiger charge is -2.20. The molecule has 0 unspecified atom stereocenters. The van der Waals surface area contributed by atoms with Gasteiger partial charge in [-0.15, -0.1) is 5.11 Å². The molecule has 0 atom stereocenters. The van der Waals surface area contributed by atoms with E-state index in [0.717, 1.165) is 30.9 Å². The van der Waals surface area contributed by atoms with E-state index >= 15 is 0 Å². The molecule has 11 heteroatoms.